The number of azide groups is 1. The Hall–Kier alpha value is -3.20. The number of nitrogens with one attached hydrogen (secondary N) is 1. The topological polar surface area (TPSA) is 205 Å². The molecule has 2 aromatic rings. The number of thioether (sulfide) groups is 1. The molecule has 1 unspecified atom stereocenters. The SMILES string of the molecule is COC(=O)C1(Sc2ccccc2)C[C@H](O)[C@@H](NC(=O)Cn2cc(C3CCCCC3)nn2)[C@H]([C@H](O)[C@H](O)CN=[N+]=[N-])O1. The van der Waals surface area contributed by atoms with Gasteiger partial charge in [0.05, 0.1) is 37.6 Å². The van der Waals surface area contributed by atoms with E-state index < -0.39 is 53.8 Å². The zero-order chi connectivity index (χ0) is 29.4. The lowest BCUT2D eigenvalue weighted by atomic mass is 9.87. The number of benzene rings is 1. The van der Waals surface area contributed by atoms with Crippen LogP contribution in [-0.2, 0) is 25.6 Å². The second kappa shape index (κ2) is 14.1. The summed E-state index contributed by atoms with van der Waals surface area (Å²) in [6, 6.07) is 7.54. The number of aliphatic hydroxyl groups is 3. The van der Waals surface area contributed by atoms with Crippen molar-refractivity contribution in [1.82, 2.24) is 20.3 Å². The molecule has 1 aromatic heterocycles. The minimum atomic E-state index is -1.82. The van der Waals surface area contributed by atoms with E-state index in [1.165, 1.54) is 18.2 Å². The highest BCUT2D eigenvalue weighted by atomic mass is 32.2. The van der Waals surface area contributed by atoms with Crippen LogP contribution in [0.2, 0.25) is 0 Å². The molecule has 2 heterocycles. The number of aromatic nitrogens is 3. The molecule has 1 aliphatic carbocycles. The van der Waals surface area contributed by atoms with E-state index in [-0.39, 0.29) is 13.0 Å². The first kappa shape index (κ1) is 30.8. The summed E-state index contributed by atoms with van der Waals surface area (Å²) >= 11 is 0.972. The smallest absolute Gasteiger partial charge is 0.349 e. The summed E-state index contributed by atoms with van der Waals surface area (Å²) < 4.78 is 12.6. The molecule has 1 aliphatic heterocycles. The molecule has 41 heavy (non-hydrogen) atoms. The second-order valence-corrected chi connectivity index (χ2v) is 11.6. The number of hydrogen-bond donors (Lipinski definition) is 4. The number of aliphatic hydroxyl groups excluding tert-OH is 3. The normalized spacial score (nSPS) is 26.4. The van der Waals surface area contributed by atoms with Gasteiger partial charge in [0, 0.05) is 28.3 Å². The fourth-order valence-corrected chi connectivity index (χ4v) is 6.55. The highest BCUT2D eigenvalue weighted by Gasteiger charge is 2.56. The van der Waals surface area contributed by atoms with Crippen molar-refractivity contribution in [3.05, 3.63) is 52.7 Å². The quantitative estimate of drug-likeness (QED) is 0.129. The first-order valence-electron chi connectivity index (χ1n) is 13.5. The largest absolute Gasteiger partial charge is 0.466 e. The van der Waals surface area contributed by atoms with E-state index in [0.717, 1.165) is 43.1 Å². The molecule has 1 amide bonds. The number of esters is 1. The number of methoxy groups -OCH3 is 1. The van der Waals surface area contributed by atoms with Gasteiger partial charge >= 0.3 is 5.97 Å². The van der Waals surface area contributed by atoms with Crippen LogP contribution in [0, 0.1) is 0 Å². The van der Waals surface area contributed by atoms with Crippen molar-refractivity contribution < 1.29 is 34.4 Å². The van der Waals surface area contributed by atoms with Crippen LogP contribution in [0.5, 0.6) is 0 Å². The molecule has 2 aliphatic rings. The van der Waals surface area contributed by atoms with Crippen LogP contribution in [0.4, 0.5) is 0 Å². The number of carbonyl (C=O) groups is 2. The Morgan fingerprint density at radius 2 is 2.02 bits per heavy atom. The van der Waals surface area contributed by atoms with Crippen molar-refractivity contribution in [2.45, 2.75) is 91.3 Å². The minimum absolute atomic E-state index is 0.214. The molecular formula is C26H35N7O7S. The van der Waals surface area contributed by atoms with Crippen molar-refractivity contribution in [3.8, 4) is 0 Å². The molecule has 2 fully saturated rings. The van der Waals surface area contributed by atoms with Gasteiger partial charge in [-0.05, 0) is 30.5 Å². The Morgan fingerprint density at radius 1 is 1.29 bits per heavy atom. The van der Waals surface area contributed by atoms with Gasteiger partial charge in [0.15, 0.2) is 0 Å². The van der Waals surface area contributed by atoms with Crippen LogP contribution < -0.4 is 5.32 Å². The van der Waals surface area contributed by atoms with E-state index >= 15 is 0 Å². The van der Waals surface area contributed by atoms with E-state index in [0.29, 0.717) is 10.8 Å². The third-order valence-electron chi connectivity index (χ3n) is 7.37. The molecule has 15 heteroatoms. The van der Waals surface area contributed by atoms with Gasteiger partial charge in [0.25, 0.3) is 0 Å². The Morgan fingerprint density at radius 3 is 2.71 bits per heavy atom. The summed E-state index contributed by atoms with van der Waals surface area (Å²) in [4.78, 5) is 27.5. The summed E-state index contributed by atoms with van der Waals surface area (Å²) in [5.41, 5.74) is 9.48. The van der Waals surface area contributed by atoms with Gasteiger partial charge in [-0.3, -0.25) is 4.79 Å². The summed E-state index contributed by atoms with van der Waals surface area (Å²) in [5.74, 6) is -1.07. The van der Waals surface area contributed by atoms with Crippen molar-refractivity contribution in [2.24, 2.45) is 5.11 Å². The predicted octanol–water partition coefficient (Wildman–Crippen LogP) is 1.65. The first-order valence-corrected chi connectivity index (χ1v) is 14.3. The highest BCUT2D eigenvalue weighted by Crippen LogP contribution is 2.44. The minimum Gasteiger partial charge on any atom is -0.466 e. The number of carbonyl (C=O) groups excluding carboxylic acids is 2. The van der Waals surface area contributed by atoms with Crippen LogP contribution in [0.25, 0.3) is 10.4 Å². The maximum absolute atomic E-state index is 13.1. The predicted molar refractivity (Wildman–Crippen MR) is 146 cm³/mol. The number of rotatable bonds is 11. The fraction of sp³-hybridized carbons (Fsp3) is 0.615. The zero-order valence-electron chi connectivity index (χ0n) is 22.7. The molecule has 222 valence electrons. The molecule has 0 radical (unpaired) electrons. The maximum Gasteiger partial charge on any atom is 0.349 e. The fourth-order valence-electron chi connectivity index (χ4n) is 5.30. The summed E-state index contributed by atoms with van der Waals surface area (Å²) in [6.45, 7) is -0.720. The van der Waals surface area contributed by atoms with Crippen molar-refractivity contribution in [2.75, 3.05) is 13.7 Å². The van der Waals surface area contributed by atoms with Gasteiger partial charge < -0.3 is 30.1 Å². The molecule has 4 N–H and O–H groups in total. The molecule has 1 saturated carbocycles. The lowest BCUT2D eigenvalue weighted by molar-refractivity contribution is -0.204. The third-order valence-corrected chi connectivity index (χ3v) is 8.64. The number of nitrogens with zero attached hydrogens (tertiary/aromatic N) is 6. The molecule has 1 saturated heterocycles. The van der Waals surface area contributed by atoms with Gasteiger partial charge in [0.2, 0.25) is 10.8 Å². The summed E-state index contributed by atoms with van der Waals surface area (Å²) in [5, 5.41) is 47.1. The first-order chi connectivity index (χ1) is 19.8. The molecule has 0 spiro atoms. The zero-order valence-corrected chi connectivity index (χ0v) is 23.5. The number of amides is 1. The van der Waals surface area contributed by atoms with Gasteiger partial charge in [-0.15, -0.1) is 5.10 Å². The highest BCUT2D eigenvalue weighted by molar-refractivity contribution is 8.01. The van der Waals surface area contributed by atoms with Gasteiger partial charge in [0.1, 0.15) is 18.8 Å². The van der Waals surface area contributed by atoms with Crippen LogP contribution in [-0.4, -0.2) is 91.2 Å². The van der Waals surface area contributed by atoms with E-state index in [9.17, 15) is 24.9 Å². The van der Waals surface area contributed by atoms with Crippen molar-refractivity contribution in [3.63, 3.8) is 0 Å². The molecule has 4 rings (SSSR count). The summed E-state index contributed by atoms with van der Waals surface area (Å²) in [7, 11) is 1.17. The number of ether oxygens (including phenoxy) is 2. The number of hydrogen-bond acceptors (Lipinski definition) is 11. The van der Waals surface area contributed by atoms with Crippen LogP contribution in [0.15, 0.2) is 46.5 Å². The average Bonchev–Trinajstić information content (AvgIpc) is 3.45. The van der Waals surface area contributed by atoms with Crippen LogP contribution >= 0.6 is 11.8 Å². The Bertz CT molecular complexity index is 1220. The molecule has 6 atom stereocenters. The van der Waals surface area contributed by atoms with Crippen LogP contribution in [0.1, 0.15) is 50.1 Å². The maximum atomic E-state index is 13.1. The molecular weight excluding hydrogens is 554 g/mol. The van der Waals surface area contributed by atoms with Crippen molar-refractivity contribution in [1.29, 1.82) is 0 Å². The molecule has 14 nitrogen and oxygen atoms in total. The average molecular weight is 590 g/mol. The van der Waals surface area contributed by atoms with Gasteiger partial charge in [-0.2, -0.15) is 0 Å². The van der Waals surface area contributed by atoms with Gasteiger partial charge in [-0.1, -0.05) is 59.6 Å². The monoisotopic (exact) mass is 589 g/mol. The molecule has 1 aromatic carbocycles. The van der Waals surface area contributed by atoms with E-state index in [1.807, 2.05) is 0 Å². The van der Waals surface area contributed by atoms with Crippen molar-refractivity contribution >= 4 is 23.6 Å². The Balaban J connectivity index is 1.55. The van der Waals surface area contributed by atoms with Crippen LogP contribution in [0.3, 0.4) is 0 Å². The Labute approximate surface area is 241 Å². The standard InChI is InChI=1S/C26H35N7O7S/c1-39-25(38)26(41-17-10-6-3-7-11-17)12-19(34)22(24(40-26)23(37)20(35)13-28-31-27)29-21(36)15-33-14-18(30-32-33)16-8-4-2-5-9-16/h3,6-7,10-11,14,16,19-20,22-24,34-35,37H,2,4-5,8-9,12-13,15H2,1H3,(H,29,36)/t19-,20+,22+,23+,24+,26?/m0/s1. The third kappa shape index (κ3) is 7.56. The van der Waals surface area contributed by atoms with E-state index in [1.54, 1.807) is 36.5 Å². The lowest BCUT2D eigenvalue weighted by Crippen LogP contribution is -2.66. The summed E-state index contributed by atoms with van der Waals surface area (Å²) in [6.07, 6.45) is 0.673. The Kier molecular flexibility index (Phi) is 10.6. The van der Waals surface area contributed by atoms with E-state index in [4.69, 9.17) is 15.0 Å². The second-order valence-electron chi connectivity index (χ2n) is 10.3. The lowest BCUT2D eigenvalue weighted by Gasteiger charge is -2.47. The van der Waals surface area contributed by atoms with E-state index in [2.05, 4.69) is 25.7 Å². The van der Waals surface area contributed by atoms with Gasteiger partial charge in [-0.25, -0.2) is 9.48 Å². The molecule has 0 bridgehead atoms.